The van der Waals surface area contributed by atoms with Crippen molar-refractivity contribution in [2.75, 3.05) is 11.9 Å². The third-order valence-electron chi connectivity index (χ3n) is 3.88. The van der Waals surface area contributed by atoms with Crippen LogP contribution in [0.2, 0.25) is 5.02 Å². The molecule has 0 atom stereocenters. The van der Waals surface area contributed by atoms with Gasteiger partial charge in [0, 0.05) is 23.6 Å². The van der Waals surface area contributed by atoms with Crippen molar-refractivity contribution in [2.24, 2.45) is 5.92 Å². The van der Waals surface area contributed by atoms with Crippen molar-refractivity contribution in [1.29, 1.82) is 0 Å². The van der Waals surface area contributed by atoms with Crippen LogP contribution >= 0.6 is 11.6 Å². The van der Waals surface area contributed by atoms with E-state index in [4.69, 9.17) is 16.3 Å². The molecule has 7 heteroatoms. The van der Waals surface area contributed by atoms with Gasteiger partial charge in [-0.05, 0) is 43.5 Å². The van der Waals surface area contributed by atoms with Gasteiger partial charge < -0.3 is 14.6 Å². The van der Waals surface area contributed by atoms with Gasteiger partial charge in [-0.1, -0.05) is 32.4 Å². The number of anilines is 1. The summed E-state index contributed by atoms with van der Waals surface area (Å²) in [4.78, 5) is 29.7. The van der Waals surface area contributed by atoms with Crippen LogP contribution in [0.3, 0.4) is 0 Å². The number of halogens is 1. The average molecular weight is 392 g/mol. The summed E-state index contributed by atoms with van der Waals surface area (Å²) in [6, 6.07) is 6.53. The molecule has 1 heterocycles. The fourth-order valence-corrected chi connectivity index (χ4v) is 2.88. The number of nitrogens with zero attached hydrogens (tertiary/aromatic N) is 2. The van der Waals surface area contributed by atoms with Gasteiger partial charge >= 0.3 is 5.97 Å². The van der Waals surface area contributed by atoms with Crippen molar-refractivity contribution in [3.05, 3.63) is 46.4 Å². The highest BCUT2D eigenvalue weighted by Crippen LogP contribution is 2.22. The molecule has 0 aliphatic heterocycles. The van der Waals surface area contributed by atoms with E-state index in [-0.39, 0.29) is 24.0 Å². The first-order chi connectivity index (χ1) is 12.9. The molecule has 0 bridgehead atoms. The van der Waals surface area contributed by atoms with Crippen LogP contribution in [0.1, 0.15) is 60.8 Å². The topological polar surface area (TPSA) is 73.2 Å². The van der Waals surface area contributed by atoms with Crippen molar-refractivity contribution in [3.63, 3.8) is 0 Å². The quantitative estimate of drug-likeness (QED) is 0.668. The maximum atomic E-state index is 12.6. The number of amides is 1. The Labute approximate surface area is 164 Å². The van der Waals surface area contributed by atoms with Crippen molar-refractivity contribution in [1.82, 2.24) is 9.55 Å². The number of hydrogen-bond donors (Lipinski definition) is 1. The zero-order chi connectivity index (χ0) is 20.0. The monoisotopic (exact) mass is 391 g/mol. The van der Waals surface area contributed by atoms with Gasteiger partial charge in [-0.25, -0.2) is 9.78 Å². The molecule has 1 aromatic heterocycles. The summed E-state index contributed by atoms with van der Waals surface area (Å²) in [6.45, 7) is 8.80. The molecule has 0 radical (unpaired) electrons. The summed E-state index contributed by atoms with van der Waals surface area (Å²) in [6.07, 6.45) is 1.58. The summed E-state index contributed by atoms with van der Waals surface area (Å²) >= 11 is 5.88. The number of aryl methyl sites for hydroxylation is 1. The van der Waals surface area contributed by atoms with Crippen LogP contribution in [0.4, 0.5) is 5.82 Å². The molecule has 0 aliphatic carbocycles. The fourth-order valence-electron chi connectivity index (χ4n) is 2.75. The lowest BCUT2D eigenvalue weighted by Gasteiger charge is -2.14. The maximum absolute atomic E-state index is 12.6. The Morgan fingerprint density at radius 3 is 2.44 bits per heavy atom. The number of aromatic nitrogens is 2. The number of hydrogen-bond acceptors (Lipinski definition) is 4. The first-order valence-electron chi connectivity index (χ1n) is 9.20. The summed E-state index contributed by atoms with van der Waals surface area (Å²) in [5.74, 6) is 0.467. The molecule has 6 nitrogen and oxygen atoms in total. The Morgan fingerprint density at radius 2 is 1.89 bits per heavy atom. The molecular weight excluding hydrogens is 366 g/mol. The van der Waals surface area contributed by atoms with Gasteiger partial charge in [-0.15, -0.1) is 0 Å². The summed E-state index contributed by atoms with van der Waals surface area (Å²) in [5.41, 5.74) is 0.723. The molecule has 1 aromatic carbocycles. The number of esters is 1. The predicted octanol–water partition coefficient (Wildman–Crippen LogP) is 4.57. The minimum absolute atomic E-state index is 0.234. The lowest BCUT2D eigenvalue weighted by atomic mass is 10.2. The summed E-state index contributed by atoms with van der Waals surface area (Å²) < 4.78 is 7.08. The third kappa shape index (κ3) is 5.32. The molecule has 0 saturated heterocycles. The Kier molecular flexibility index (Phi) is 7.42. The average Bonchev–Trinajstić information content (AvgIpc) is 2.92. The molecule has 0 unspecified atom stereocenters. The fraction of sp³-hybridized carbons (Fsp3) is 0.450. The highest BCUT2D eigenvalue weighted by molar-refractivity contribution is 6.30. The van der Waals surface area contributed by atoms with Crippen LogP contribution in [-0.4, -0.2) is 28.0 Å². The van der Waals surface area contributed by atoms with Crippen LogP contribution in [0.25, 0.3) is 0 Å². The number of carbonyl (C=O) groups excluding carboxylic acids is 2. The second-order valence-electron chi connectivity index (χ2n) is 6.66. The highest BCUT2D eigenvalue weighted by Gasteiger charge is 2.26. The smallest absolute Gasteiger partial charge is 0.358 e. The molecule has 1 N–H and O–H groups in total. The molecular formula is C20H26ClN3O3. The van der Waals surface area contributed by atoms with E-state index < -0.39 is 5.97 Å². The number of benzene rings is 1. The van der Waals surface area contributed by atoms with Gasteiger partial charge in [0.05, 0.1) is 6.61 Å². The van der Waals surface area contributed by atoms with E-state index in [1.807, 2.05) is 11.5 Å². The van der Waals surface area contributed by atoms with Crippen molar-refractivity contribution < 1.29 is 14.3 Å². The molecule has 0 fully saturated rings. The molecule has 146 valence electrons. The van der Waals surface area contributed by atoms with E-state index in [0.717, 1.165) is 12.2 Å². The van der Waals surface area contributed by atoms with Crippen molar-refractivity contribution in [2.45, 2.75) is 47.1 Å². The van der Waals surface area contributed by atoms with Gasteiger partial charge in [0.25, 0.3) is 5.91 Å². The Balaban J connectivity index is 2.44. The summed E-state index contributed by atoms with van der Waals surface area (Å²) in [7, 11) is 0. The first kappa shape index (κ1) is 21.0. The van der Waals surface area contributed by atoms with Gasteiger partial charge in [0.15, 0.2) is 11.5 Å². The second-order valence-corrected chi connectivity index (χ2v) is 7.10. The number of carbonyl (C=O) groups is 2. The van der Waals surface area contributed by atoms with Crippen LogP contribution in [0.15, 0.2) is 24.3 Å². The van der Waals surface area contributed by atoms with Gasteiger partial charge in [-0.2, -0.15) is 0 Å². The predicted molar refractivity (Wildman–Crippen MR) is 106 cm³/mol. The maximum Gasteiger partial charge on any atom is 0.358 e. The zero-order valence-electron chi connectivity index (χ0n) is 16.2. The highest BCUT2D eigenvalue weighted by atomic mass is 35.5. The molecule has 0 saturated carbocycles. The van der Waals surface area contributed by atoms with E-state index in [2.05, 4.69) is 24.1 Å². The minimum Gasteiger partial charge on any atom is -0.461 e. The van der Waals surface area contributed by atoms with E-state index >= 15 is 0 Å². The lowest BCUT2D eigenvalue weighted by Crippen LogP contribution is -2.20. The SMILES string of the molecule is CCCc1nc(NC(=O)c2ccc(Cl)cc2)c(C(=O)OCC)n1CC(C)C. The molecule has 2 rings (SSSR count). The molecule has 1 amide bonds. The van der Waals surface area contributed by atoms with Gasteiger partial charge in [-0.3, -0.25) is 4.79 Å². The van der Waals surface area contributed by atoms with Crippen molar-refractivity contribution in [3.8, 4) is 0 Å². The normalized spacial score (nSPS) is 10.9. The van der Waals surface area contributed by atoms with Crippen LogP contribution in [0.5, 0.6) is 0 Å². The second kappa shape index (κ2) is 9.55. The molecule has 0 spiro atoms. The Bertz CT molecular complexity index is 798. The molecule has 27 heavy (non-hydrogen) atoms. The Morgan fingerprint density at radius 1 is 1.22 bits per heavy atom. The van der Waals surface area contributed by atoms with Crippen LogP contribution in [-0.2, 0) is 17.7 Å². The zero-order valence-corrected chi connectivity index (χ0v) is 17.0. The van der Waals surface area contributed by atoms with E-state index in [0.29, 0.717) is 29.5 Å². The lowest BCUT2D eigenvalue weighted by molar-refractivity contribution is 0.0514. The summed E-state index contributed by atoms with van der Waals surface area (Å²) in [5, 5.41) is 3.31. The standard InChI is InChI=1S/C20H26ClN3O3/c1-5-7-16-22-18(23-19(25)14-8-10-15(21)11-9-14)17(20(26)27-6-2)24(16)12-13(3)4/h8-11,13H,5-7,12H2,1-4H3,(H,23,25). The number of rotatable bonds is 8. The minimum atomic E-state index is -0.487. The van der Waals surface area contributed by atoms with Crippen LogP contribution < -0.4 is 5.32 Å². The molecule has 0 aliphatic rings. The van der Waals surface area contributed by atoms with Gasteiger partial charge in [0.1, 0.15) is 5.82 Å². The van der Waals surface area contributed by atoms with E-state index in [1.165, 1.54) is 0 Å². The Hall–Kier alpha value is -2.34. The molecule has 2 aromatic rings. The number of imidazole rings is 1. The van der Waals surface area contributed by atoms with Gasteiger partial charge in [0.2, 0.25) is 0 Å². The first-order valence-corrected chi connectivity index (χ1v) is 9.58. The third-order valence-corrected chi connectivity index (χ3v) is 4.13. The van der Waals surface area contributed by atoms with E-state index in [9.17, 15) is 9.59 Å². The number of ether oxygens (including phenoxy) is 1. The largest absolute Gasteiger partial charge is 0.461 e. The van der Waals surface area contributed by atoms with E-state index in [1.54, 1.807) is 31.2 Å². The number of nitrogens with one attached hydrogen (secondary N) is 1. The van der Waals surface area contributed by atoms with Crippen LogP contribution in [0, 0.1) is 5.92 Å². The van der Waals surface area contributed by atoms with Crippen molar-refractivity contribution >= 4 is 29.3 Å².